The summed E-state index contributed by atoms with van der Waals surface area (Å²) in [6.45, 7) is -0.376. The lowest BCUT2D eigenvalue weighted by Gasteiger charge is -2.15. The third kappa shape index (κ3) is 3.45. The summed E-state index contributed by atoms with van der Waals surface area (Å²) >= 11 is 3.28. The highest BCUT2D eigenvalue weighted by molar-refractivity contribution is 9.10. The molecule has 10 heteroatoms. The maximum atomic E-state index is 12.0. The van der Waals surface area contributed by atoms with Gasteiger partial charge in [-0.25, -0.2) is 0 Å². The van der Waals surface area contributed by atoms with Gasteiger partial charge in [-0.1, -0.05) is 0 Å². The van der Waals surface area contributed by atoms with Crippen LogP contribution < -0.4 is 26.5 Å². The van der Waals surface area contributed by atoms with Crippen LogP contribution in [0.2, 0.25) is 0 Å². The molecule has 0 saturated heterocycles. The number of carbonyl (C=O) groups is 1. The van der Waals surface area contributed by atoms with Gasteiger partial charge in [-0.3, -0.25) is 9.59 Å². The lowest BCUT2D eigenvalue weighted by Crippen LogP contribution is -2.20. The Hall–Kier alpha value is -3.50. The molecule has 0 radical (unpaired) electrons. The van der Waals surface area contributed by atoms with E-state index >= 15 is 0 Å². The van der Waals surface area contributed by atoms with Crippen LogP contribution in [0.25, 0.3) is 11.1 Å². The molecule has 132 valence electrons. The van der Waals surface area contributed by atoms with Crippen molar-refractivity contribution in [2.75, 3.05) is 19.5 Å². The van der Waals surface area contributed by atoms with Crippen molar-refractivity contribution in [3.05, 3.63) is 38.1 Å². The van der Waals surface area contributed by atoms with Crippen LogP contribution in [0, 0.1) is 22.7 Å². The third-order valence-corrected chi connectivity index (χ3v) is 3.93. The molecule has 9 nitrogen and oxygen atoms in total. The molecule has 0 fully saturated rings. The second-order valence-electron chi connectivity index (χ2n) is 4.96. The Labute approximate surface area is 155 Å². The zero-order valence-corrected chi connectivity index (χ0v) is 15.0. The van der Waals surface area contributed by atoms with E-state index in [1.54, 1.807) is 6.07 Å². The van der Waals surface area contributed by atoms with Crippen molar-refractivity contribution in [3.63, 3.8) is 0 Å². The number of carbonyl (C=O) groups excluding carboxylic acids is 1. The summed E-state index contributed by atoms with van der Waals surface area (Å²) in [5, 5.41) is 18.7. The maximum Gasteiger partial charge on any atom is 0.268 e. The number of hydrogen-bond acceptors (Lipinski definition) is 7. The van der Waals surface area contributed by atoms with Crippen LogP contribution in [0.15, 0.2) is 21.4 Å². The lowest BCUT2D eigenvalue weighted by atomic mass is 9.96. The van der Waals surface area contributed by atoms with Gasteiger partial charge in [0.25, 0.3) is 11.5 Å². The largest absolute Gasteiger partial charge is 0.493 e. The van der Waals surface area contributed by atoms with Crippen LogP contribution in [-0.4, -0.2) is 24.6 Å². The van der Waals surface area contributed by atoms with Gasteiger partial charge in [0.1, 0.15) is 29.1 Å². The first-order valence-electron chi connectivity index (χ1n) is 6.99. The normalized spacial score (nSPS) is 9.85. The highest BCUT2D eigenvalue weighted by atomic mass is 79.9. The molecule has 1 heterocycles. The minimum absolute atomic E-state index is 0.0547. The number of rotatable bonds is 5. The smallest absolute Gasteiger partial charge is 0.268 e. The maximum absolute atomic E-state index is 12.0. The van der Waals surface area contributed by atoms with E-state index in [2.05, 4.69) is 20.9 Å². The number of hydrogen-bond donors (Lipinski definition) is 3. The molecule has 1 aromatic carbocycles. The molecule has 0 bridgehead atoms. The highest BCUT2D eigenvalue weighted by Gasteiger charge is 2.21. The molecule has 2 aromatic rings. The monoisotopic (exact) mass is 417 g/mol. The van der Waals surface area contributed by atoms with Crippen molar-refractivity contribution >= 4 is 27.7 Å². The first-order valence-corrected chi connectivity index (χ1v) is 7.78. The van der Waals surface area contributed by atoms with Crippen molar-refractivity contribution in [2.45, 2.75) is 0 Å². The minimum Gasteiger partial charge on any atom is -0.493 e. The number of nitriles is 2. The van der Waals surface area contributed by atoms with Gasteiger partial charge in [-0.05, 0) is 33.6 Å². The zero-order valence-electron chi connectivity index (χ0n) is 13.4. The molecule has 1 amide bonds. The van der Waals surface area contributed by atoms with Gasteiger partial charge in [0.2, 0.25) is 0 Å². The number of nitrogens with one attached hydrogen (secondary N) is 1. The van der Waals surface area contributed by atoms with Gasteiger partial charge >= 0.3 is 0 Å². The Morgan fingerprint density at radius 2 is 1.96 bits per heavy atom. The van der Waals surface area contributed by atoms with Crippen LogP contribution in [0.4, 0.5) is 5.82 Å². The van der Waals surface area contributed by atoms with E-state index in [0.717, 1.165) is 0 Å². The highest BCUT2D eigenvalue weighted by Crippen LogP contribution is 2.41. The fourth-order valence-electron chi connectivity index (χ4n) is 2.28. The Morgan fingerprint density at radius 3 is 2.50 bits per heavy atom. The molecular weight excluding hydrogens is 406 g/mol. The van der Waals surface area contributed by atoms with E-state index in [0.29, 0.717) is 10.0 Å². The number of nitrogens with two attached hydrogens (primary N) is 2. The lowest BCUT2D eigenvalue weighted by molar-refractivity contribution is -0.119. The summed E-state index contributed by atoms with van der Waals surface area (Å²) in [6.07, 6.45) is 0. The zero-order chi connectivity index (χ0) is 19.4. The quantitative estimate of drug-likeness (QED) is 0.651. The van der Waals surface area contributed by atoms with E-state index in [-0.39, 0.29) is 40.6 Å². The molecule has 0 aliphatic carbocycles. The van der Waals surface area contributed by atoms with Crippen LogP contribution in [0.5, 0.6) is 11.5 Å². The predicted octanol–water partition coefficient (Wildman–Crippen LogP) is 1.00. The van der Waals surface area contributed by atoms with Gasteiger partial charge in [0, 0.05) is 5.56 Å². The van der Waals surface area contributed by atoms with Gasteiger partial charge in [0.15, 0.2) is 18.1 Å². The molecule has 0 spiro atoms. The molecule has 5 N–H and O–H groups in total. The SMILES string of the molecule is COc1cc(-c2c(C#N)c(N)[nH]c(=O)c2C#N)cc(Br)c1OCC(N)=O. The number of benzene rings is 1. The number of halogens is 1. The van der Waals surface area contributed by atoms with E-state index in [1.807, 2.05) is 6.07 Å². The number of anilines is 1. The standard InChI is InChI=1S/C16H12BrN5O4/c1-25-11-3-7(2-10(17)14(11)26-6-12(20)23)13-8(4-18)15(21)22-16(24)9(13)5-19/h2-3H,6H2,1H3,(H2,20,23)(H3,21,22,24). The van der Waals surface area contributed by atoms with Gasteiger partial charge in [-0.15, -0.1) is 0 Å². The number of amides is 1. The Balaban J connectivity index is 2.77. The van der Waals surface area contributed by atoms with E-state index in [1.165, 1.54) is 19.2 Å². The molecular formula is C16H12BrN5O4. The third-order valence-electron chi connectivity index (χ3n) is 3.35. The van der Waals surface area contributed by atoms with Crippen LogP contribution in [0.3, 0.4) is 0 Å². The number of nitrogen functional groups attached to an aromatic ring is 1. The van der Waals surface area contributed by atoms with Crippen molar-refractivity contribution < 1.29 is 14.3 Å². The summed E-state index contributed by atoms with van der Waals surface area (Å²) in [5.41, 5.74) is 10.1. The number of aromatic amines is 1. The van der Waals surface area contributed by atoms with Crippen molar-refractivity contribution in [3.8, 4) is 34.8 Å². The molecule has 0 unspecified atom stereocenters. The molecule has 0 aliphatic heterocycles. The molecule has 0 atom stereocenters. The van der Waals surface area contributed by atoms with Gasteiger partial charge < -0.3 is 25.9 Å². The van der Waals surface area contributed by atoms with Crippen molar-refractivity contribution in [1.29, 1.82) is 10.5 Å². The Kier molecular flexibility index (Phi) is 5.50. The van der Waals surface area contributed by atoms with Gasteiger partial charge in [0.05, 0.1) is 11.6 Å². The number of methoxy groups -OCH3 is 1. The molecule has 26 heavy (non-hydrogen) atoms. The number of H-pyrrole nitrogens is 1. The van der Waals surface area contributed by atoms with Gasteiger partial charge in [-0.2, -0.15) is 10.5 Å². The predicted molar refractivity (Wildman–Crippen MR) is 95.3 cm³/mol. The Bertz CT molecular complexity index is 1030. The summed E-state index contributed by atoms with van der Waals surface area (Å²) in [7, 11) is 1.37. The van der Waals surface area contributed by atoms with Crippen LogP contribution in [-0.2, 0) is 4.79 Å². The van der Waals surface area contributed by atoms with E-state index < -0.39 is 11.5 Å². The number of ether oxygens (including phenoxy) is 2. The number of nitrogens with zero attached hydrogens (tertiary/aromatic N) is 2. The molecule has 1 aromatic heterocycles. The van der Waals surface area contributed by atoms with Crippen molar-refractivity contribution in [1.82, 2.24) is 4.98 Å². The fourth-order valence-corrected chi connectivity index (χ4v) is 2.84. The summed E-state index contributed by atoms with van der Waals surface area (Å²) in [5.74, 6) is -0.438. The Morgan fingerprint density at radius 1 is 1.31 bits per heavy atom. The molecule has 2 rings (SSSR count). The summed E-state index contributed by atoms with van der Waals surface area (Å²) in [4.78, 5) is 25.2. The first-order chi connectivity index (χ1) is 12.3. The number of pyridine rings is 1. The summed E-state index contributed by atoms with van der Waals surface area (Å²) < 4.78 is 10.9. The minimum atomic E-state index is -0.719. The molecule has 0 aliphatic rings. The van der Waals surface area contributed by atoms with E-state index in [9.17, 15) is 20.1 Å². The second kappa shape index (κ2) is 7.59. The second-order valence-corrected chi connectivity index (χ2v) is 5.82. The average molecular weight is 418 g/mol. The number of primary amides is 1. The average Bonchev–Trinajstić information content (AvgIpc) is 2.59. The number of aromatic nitrogens is 1. The summed E-state index contributed by atoms with van der Waals surface area (Å²) in [6, 6.07) is 6.62. The van der Waals surface area contributed by atoms with Crippen LogP contribution in [0.1, 0.15) is 11.1 Å². The van der Waals surface area contributed by atoms with Crippen molar-refractivity contribution in [2.24, 2.45) is 5.73 Å². The van der Waals surface area contributed by atoms with Crippen LogP contribution >= 0.6 is 15.9 Å². The molecule has 0 saturated carbocycles. The topological polar surface area (TPSA) is 168 Å². The fraction of sp³-hybridized carbons (Fsp3) is 0.125. The van der Waals surface area contributed by atoms with E-state index in [4.69, 9.17) is 20.9 Å². The first kappa shape index (κ1) is 18.8.